The minimum absolute atomic E-state index is 0.294. The molecule has 1 aromatic rings. The van der Waals surface area contributed by atoms with Crippen molar-refractivity contribution in [2.75, 3.05) is 6.61 Å². The van der Waals surface area contributed by atoms with Gasteiger partial charge >= 0.3 is 0 Å². The molecule has 1 fully saturated rings. The molecule has 1 unspecified atom stereocenters. The zero-order chi connectivity index (χ0) is 10.7. The predicted molar refractivity (Wildman–Crippen MR) is 65.9 cm³/mol. The number of halogens is 1. The van der Waals surface area contributed by atoms with E-state index in [9.17, 15) is 0 Å². The van der Waals surface area contributed by atoms with Crippen molar-refractivity contribution in [2.24, 2.45) is 5.92 Å². The lowest BCUT2D eigenvalue weighted by Crippen LogP contribution is -2.21. The van der Waals surface area contributed by atoms with Crippen molar-refractivity contribution < 1.29 is 5.11 Å². The van der Waals surface area contributed by atoms with Gasteiger partial charge in [0, 0.05) is 11.1 Å². The number of benzene rings is 1. The van der Waals surface area contributed by atoms with Gasteiger partial charge in [-0.25, -0.2) is 0 Å². The van der Waals surface area contributed by atoms with Gasteiger partial charge in [-0.3, -0.25) is 0 Å². The van der Waals surface area contributed by atoms with Gasteiger partial charge in [-0.05, 0) is 42.7 Å². The van der Waals surface area contributed by atoms with Crippen LogP contribution in [0.2, 0.25) is 0 Å². The zero-order valence-corrected chi connectivity index (χ0v) is 10.4. The van der Waals surface area contributed by atoms with Gasteiger partial charge in [0.2, 0.25) is 0 Å². The molecule has 1 atom stereocenters. The van der Waals surface area contributed by atoms with E-state index in [2.05, 4.69) is 34.1 Å². The Morgan fingerprint density at radius 2 is 2.07 bits per heavy atom. The lowest BCUT2D eigenvalue weighted by atomic mass is 9.72. The maximum Gasteiger partial charge on any atom is 0.0436 e. The maximum atomic E-state index is 9.14. The standard InChI is InChI=1S/C13H17BrO/c14-13-7-2-1-6-12(13)11(8-9-15)10-4-3-5-10/h1-2,6-7,10-11,15H,3-5,8-9H2. The summed E-state index contributed by atoms with van der Waals surface area (Å²) in [7, 11) is 0. The van der Waals surface area contributed by atoms with Gasteiger partial charge < -0.3 is 5.11 Å². The third-order valence-corrected chi connectivity index (χ3v) is 4.19. The van der Waals surface area contributed by atoms with Crippen LogP contribution in [0.3, 0.4) is 0 Å². The number of hydrogen-bond acceptors (Lipinski definition) is 1. The average molecular weight is 269 g/mol. The molecule has 1 aliphatic rings. The predicted octanol–water partition coefficient (Wildman–Crippen LogP) is 3.72. The van der Waals surface area contributed by atoms with E-state index in [1.54, 1.807) is 0 Å². The smallest absolute Gasteiger partial charge is 0.0436 e. The molecule has 0 radical (unpaired) electrons. The van der Waals surface area contributed by atoms with E-state index in [0.29, 0.717) is 12.5 Å². The molecule has 0 aromatic heterocycles. The highest BCUT2D eigenvalue weighted by Gasteiger charge is 2.28. The summed E-state index contributed by atoms with van der Waals surface area (Å²) in [5, 5.41) is 9.14. The second kappa shape index (κ2) is 5.13. The molecule has 1 N–H and O–H groups in total. The highest BCUT2D eigenvalue weighted by Crippen LogP contribution is 2.43. The third-order valence-electron chi connectivity index (χ3n) is 3.46. The summed E-state index contributed by atoms with van der Waals surface area (Å²) in [6.07, 6.45) is 4.91. The van der Waals surface area contributed by atoms with Crippen LogP contribution in [0.5, 0.6) is 0 Å². The Labute approximate surface area is 99.6 Å². The molecule has 0 aliphatic heterocycles. The van der Waals surface area contributed by atoms with Crippen LogP contribution < -0.4 is 0 Å². The molecule has 2 rings (SSSR count). The Morgan fingerprint density at radius 1 is 1.33 bits per heavy atom. The van der Waals surface area contributed by atoms with Crippen LogP contribution >= 0.6 is 15.9 Å². The maximum absolute atomic E-state index is 9.14. The summed E-state index contributed by atoms with van der Waals surface area (Å²) in [5.41, 5.74) is 1.37. The molecular weight excluding hydrogens is 252 g/mol. The van der Waals surface area contributed by atoms with E-state index in [0.717, 1.165) is 12.3 Å². The third kappa shape index (κ3) is 2.43. The highest BCUT2D eigenvalue weighted by atomic mass is 79.9. The molecule has 1 saturated carbocycles. The first-order chi connectivity index (χ1) is 7.33. The first-order valence-corrected chi connectivity index (χ1v) is 6.47. The van der Waals surface area contributed by atoms with Gasteiger partial charge in [0.25, 0.3) is 0 Å². The molecule has 1 nitrogen and oxygen atoms in total. The quantitative estimate of drug-likeness (QED) is 0.883. The summed E-state index contributed by atoms with van der Waals surface area (Å²) >= 11 is 3.61. The topological polar surface area (TPSA) is 20.2 Å². The molecule has 15 heavy (non-hydrogen) atoms. The van der Waals surface area contributed by atoms with Crippen LogP contribution in [0.1, 0.15) is 37.2 Å². The van der Waals surface area contributed by atoms with Gasteiger partial charge in [-0.15, -0.1) is 0 Å². The van der Waals surface area contributed by atoms with E-state index in [1.165, 1.54) is 29.3 Å². The SMILES string of the molecule is OCCC(c1ccccc1Br)C1CCC1. The second-order valence-electron chi connectivity index (χ2n) is 4.33. The summed E-state index contributed by atoms with van der Waals surface area (Å²) in [6, 6.07) is 8.41. The van der Waals surface area contributed by atoms with Crippen LogP contribution in [-0.2, 0) is 0 Å². The first-order valence-electron chi connectivity index (χ1n) is 5.68. The molecule has 1 aromatic carbocycles. The molecule has 0 amide bonds. The van der Waals surface area contributed by atoms with Crippen molar-refractivity contribution in [1.82, 2.24) is 0 Å². The Morgan fingerprint density at radius 3 is 2.60 bits per heavy atom. The van der Waals surface area contributed by atoms with Crippen LogP contribution in [0.25, 0.3) is 0 Å². The molecule has 82 valence electrons. The monoisotopic (exact) mass is 268 g/mol. The molecule has 0 heterocycles. The second-order valence-corrected chi connectivity index (χ2v) is 5.19. The number of aliphatic hydroxyl groups excluding tert-OH is 1. The summed E-state index contributed by atoms with van der Waals surface area (Å²) < 4.78 is 1.19. The van der Waals surface area contributed by atoms with E-state index in [4.69, 9.17) is 5.11 Å². The van der Waals surface area contributed by atoms with E-state index >= 15 is 0 Å². The van der Waals surface area contributed by atoms with Crippen molar-refractivity contribution in [3.63, 3.8) is 0 Å². The molecule has 2 heteroatoms. The molecular formula is C13H17BrO. The minimum atomic E-state index is 0.294. The Balaban J connectivity index is 2.19. The Hall–Kier alpha value is -0.340. The van der Waals surface area contributed by atoms with Crippen LogP contribution in [0, 0.1) is 5.92 Å². The van der Waals surface area contributed by atoms with Crippen molar-refractivity contribution >= 4 is 15.9 Å². The van der Waals surface area contributed by atoms with Crippen LogP contribution in [0.15, 0.2) is 28.7 Å². The molecule has 0 bridgehead atoms. The molecule has 0 saturated heterocycles. The van der Waals surface area contributed by atoms with Gasteiger partial charge in [-0.2, -0.15) is 0 Å². The van der Waals surface area contributed by atoms with Gasteiger partial charge in [0.05, 0.1) is 0 Å². The summed E-state index contributed by atoms with van der Waals surface area (Å²) in [5.74, 6) is 1.33. The Kier molecular flexibility index (Phi) is 3.81. The summed E-state index contributed by atoms with van der Waals surface area (Å²) in [4.78, 5) is 0. The largest absolute Gasteiger partial charge is 0.396 e. The molecule has 1 aliphatic carbocycles. The number of aliphatic hydroxyl groups is 1. The van der Waals surface area contributed by atoms with Crippen LogP contribution in [-0.4, -0.2) is 11.7 Å². The van der Waals surface area contributed by atoms with Crippen molar-refractivity contribution in [2.45, 2.75) is 31.6 Å². The Bertz CT molecular complexity index is 320. The van der Waals surface area contributed by atoms with Gasteiger partial charge in [-0.1, -0.05) is 40.5 Å². The molecule has 0 spiro atoms. The fourth-order valence-corrected chi connectivity index (χ4v) is 2.98. The first kappa shape index (κ1) is 11.2. The fourth-order valence-electron chi connectivity index (χ4n) is 2.40. The average Bonchev–Trinajstić information content (AvgIpc) is 2.15. The lowest BCUT2D eigenvalue weighted by Gasteiger charge is -2.34. The zero-order valence-electron chi connectivity index (χ0n) is 8.82. The number of hydrogen-bond donors (Lipinski definition) is 1. The van der Waals surface area contributed by atoms with Gasteiger partial charge in [0.15, 0.2) is 0 Å². The van der Waals surface area contributed by atoms with Crippen molar-refractivity contribution in [3.8, 4) is 0 Å². The van der Waals surface area contributed by atoms with Crippen molar-refractivity contribution in [1.29, 1.82) is 0 Å². The number of rotatable bonds is 4. The summed E-state index contributed by atoms with van der Waals surface area (Å²) in [6.45, 7) is 0.294. The van der Waals surface area contributed by atoms with E-state index in [-0.39, 0.29) is 0 Å². The van der Waals surface area contributed by atoms with E-state index < -0.39 is 0 Å². The normalized spacial score (nSPS) is 18.5. The highest BCUT2D eigenvalue weighted by molar-refractivity contribution is 9.10. The van der Waals surface area contributed by atoms with E-state index in [1.807, 2.05) is 6.07 Å². The van der Waals surface area contributed by atoms with Crippen molar-refractivity contribution in [3.05, 3.63) is 34.3 Å². The minimum Gasteiger partial charge on any atom is -0.396 e. The lowest BCUT2D eigenvalue weighted by molar-refractivity contribution is 0.206. The fraction of sp³-hybridized carbons (Fsp3) is 0.538. The van der Waals surface area contributed by atoms with Crippen LogP contribution in [0.4, 0.5) is 0 Å². The van der Waals surface area contributed by atoms with Gasteiger partial charge in [0.1, 0.15) is 0 Å².